The minimum atomic E-state index is 0.501. The Morgan fingerprint density at radius 3 is 2.82 bits per heavy atom. The fraction of sp³-hybridized carbons (Fsp3) is 0.769. The van der Waals surface area contributed by atoms with Crippen molar-refractivity contribution in [2.75, 3.05) is 13.1 Å². The largest absolute Gasteiger partial charge is 0.336 e. The van der Waals surface area contributed by atoms with Gasteiger partial charge in [-0.05, 0) is 33.7 Å². The quantitative estimate of drug-likeness (QED) is 0.837. The minimum absolute atomic E-state index is 0.501. The maximum absolute atomic E-state index is 4.07. The van der Waals surface area contributed by atoms with Gasteiger partial charge in [-0.25, -0.2) is 4.98 Å². The Hall–Kier alpha value is -0.870. The average molecular weight is 236 g/mol. The summed E-state index contributed by atoms with van der Waals surface area (Å²) in [6.07, 6.45) is 7.01. The molecule has 0 spiro atoms. The van der Waals surface area contributed by atoms with Crippen LogP contribution in [0.3, 0.4) is 0 Å². The van der Waals surface area contributed by atoms with Gasteiger partial charge in [0.25, 0.3) is 0 Å². The summed E-state index contributed by atoms with van der Waals surface area (Å²) in [5, 5.41) is 3.71. The van der Waals surface area contributed by atoms with E-state index >= 15 is 0 Å². The number of hydrogen-bond acceptors (Lipinski definition) is 3. The molecule has 1 aromatic heterocycles. The summed E-state index contributed by atoms with van der Waals surface area (Å²) in [7, 11) is 0. The summed E-state index contributed by atoms with van der Waals surface area (Å²) in [6.45, 7) is 10.2. The summed E-state index contributed by atoms with van der Waals surface area (Å²) < 4.78 is 2.13. The lowest BCUT2D eigenvalue weighted by Gasteiger charge is -2.22. The Morgan fingerprint density at radius 1 is 1.41 bits per heavy atom. The van der Waals surface area contributed by atoms with Crippen molar-refractivity contribution in [3.05, 3.63) is 18.7 Å². The topological polar surface area (TPSA) is 33.1 Å². The van der Waals surface area contributed by atoms with Crippen molar-refractivity contribution in [1.82, 2.24) is 19.8 Å². The predicted octanol–water partition coefficient (Wildman–Crippen LogP) is 1.34. The Labute approximate surface area is 104 Å². The van der Waals surface area contributed by atoms with Crippen molar-refractivity contribution in [2.45, 2.75) is 51.9 Å². The highest BCUT2D eigenvalue weighted by molar-refractivity contribution is 4.85. The fourth-order valence-electron chi connectivity index (χ4n) is 2.56. The van der Waals surface area contributed by atoms with Gasteiger partial charge in [0.2, 0.25) is 0 Å². The van der Waals surface area contributed by atoms with E-state index in [1.54, 1.807) is 0 Å². The van der Waals surface area contributed by atoms with E-state index in [9.17, 15) is 0 Å². The molecule has 1 aliphatic heterocycles. The van der Waals surface area contributed by atoms with Gasteiger partial charge in [0.15, 0.2) is 0 Å². The molecule has 1 saturated heterocycles. The van der Waals surface area contributed by atoms with E-state index < -0.39 is 0 Å². The third-order valence-electron chi connectivity index (χ3n) is 3.51. The number of rotatable bonds is 5. The number of nitrogens with zero attached hydrogens (tertiary/aromatic N) is 3. The lowest BCUT2D eigenvalue weighted by Crippen LogP contribution is -2.41. The molecule has 17 heavy (non-hydrogen) atoms. The molecular formula is C13H24N4. The minimum Gasteiger partial charge on any atom is -0.336 e. The molecule has 0 radical (unpaired) electrons. The van der Waals surface area contributed by atoms with Gasteiger partial charge in [-0.3, -0.25) is 4.90 Å². The van der Waals surface area contributed by atoms with Gasteiger partial charge in [0.1, 0.15) is 0 Å². The molecule has 0 amide bonds. The summed E-state index contributed by atoms with van der Waals surface area (Å²) in [6, 6.07) is 1.82. The molecule has 2 atom stereocenters. The molecule has 96 valence electrons. The monoisotopic (exact) mass is 236 g/mol. The van der Waals surface area contributed by atoms with Gasteiger partial charge >= 0.3 is 0 Å². The first kappa shape index (κ1) is 12.6. The first-order chi connectivity index (χ1) is 8.15. The van der Waals surface area contributed by atoms with E-state index in [0.29, 0.717) is 18.1 Å². The van der Waals surface area contributed by atoms with Gasteiger partial charge in [0, 0.05) is 43.6 Å². The second-order valence-corrected chi connectivity index (χ2v) is 5.40. The van der Waals surface area contributed by atoms with Crippen molar-refractivity contribution in [3.63, 3.8) is 0 Å². The Bertz CT molecular complexity index is 320. The van der Waals surface area contributed by atoms with Crippen LogP contribution in [0.2, 0.25) is 0 Å². The molecule has 0 bridgehead atoms. The molecule has 1 aliphatic rings. The van der Waals surface area contributed by atoms with Crippen LogP contribution in [0.15, 0.2) is 18.7 Å². The van der Waals surface area contributed by atoms with Crippen LogP contribution in [-0.2, 0) is 6.54 Å². The van der Waals surface area contributed by atoms with E-state index in [-0.39, 0.29) is 0 Å². The van der Waals surface area contributed by atoms with Crippen molar-refractivity contribution in [2.24, 2.45) is 0 Å². The molecule has 2 rings (SSSR count). The molecule has 0 aliphatic carbocycles. The van der Waals surface area contributed by atoms with Crippen molar-refractivity contribution in [1.29, 1.82) is 0 Å². The SMILES string of the molecule is CC(Cn1ccnc1)NC1CCN(C(C)C)C1. The third kappa shape index (κ3) is 3.54. The second kappa shape index (κ2) is 5.65. The molecular weight excluding hydrogens is 212 g/mol. The number of imidazole rings is 1. The Kier molecular flexibility index (Phi) is 4.18. The standard InChI is InChI=1S/C13H24N4/c1-11(2)17-6-4-13(9-17)15-12(3)8-16-7-5-14-10-16/h5,7,10-13,15H,4,6,8-9H2,1-3H3. The molecule has 4 heteroatoms. The van der Waals surface area contributed by atoms with Crippen LogP contribution in [0.4, 0.5) is 0 Å². The Balaban J connectivity index is 1.74. The number of aromatic nitrogens is 2. The zero-order valence-corrected chi connectivity index (χ0v) is 11.1. The van der Waals surface area contributed by atoms with E-state index in [2.05, 4.69) is 40.5 Å². The van der Waals surface area contributed by atoms with Crippen LogP contribution < -0.4 is 5.32 Å². The molecule has 2 unspecified atom stereocenters. The van der Waals surface area contributed by atoms with Gasteiger partial charge in [-0.1, -0.05) is 0 Å². The highest BCUT2D eigenvalue weighted by Gasteiger charge is 2.24. The van der Waals surface area contributed by atoms with E-state index in [1.165, 1.54) is 19.5 Å². The Morgan fingerprint density at radius 2 is 2.24 bits per heavy atom. The molecule has 1 N–H and O–H groups in total. The average Bonchev–Trinajstić information content (AvgIpc) is 2.88. The highest BCUT2D eigenvalue weighted by Crippen LogP contribution is 2.13. The third-order valence-corrected chi connectivity index (χ3v) is 3.51. The number of hydrogen-bond donors (Lipinski definition) is 1. The summed E-state index contributed by atoms with van der Waals surface area (Å²) in [5.41, 5.74) is 0. The number of nitrogens with one attached hydrogen (secondary N) is 1. The van der Waals surface area contributed by atoms with Crippen molar-refractivity contribution in [3.8, 4) is 0 Å². The van der Waals surface area contributed by atoms with Crippen LogP contribution in [0.1, 0.15) is 27.2 Å². The molecule has 0 saturated carbocycles. The number of likely N-dealkylation sites (tertiary alicyclic amines) is 1. The first-order valence-electron chi connectivity index (χ1n) is 6.61. The molecule has 1 fully saturated rings. The zero-order chi connectivity index (χ0) is 12.3. The smallest absolute Gasteiger partial charge is 0.0946 e. The van der Waals surface area contributed by atoms with Crippen LogP contribution in [0, 0.1) is 0 Å². The second-order valence-electron chi connectivity index (χ2n) is 5.40. The van der Waals surface area contributed by atoms with Gasteiger partial charge in [0.05, 0.1) is 6.33 Å². The van der Waals surface area contributed by atoms with E-state index in [0.717, 1.165) is 6.54 Å². The van der Waals surface area contributed by atoms with Gasteiger partial charge < -0.3 is 9.88 Å². The normalized spacial score (nSPS) is 23.4. The molecule has 0 aromatic carbocycles. The summed E-state index contributed by atoms with van der Waals surface area (Å²) in [5.74, 6) is 0. The highest BCUT2D eigenvalue weighted by atomic mass is 15.2. The maximum Gasteiger partial charge on any atom is 0.0946 e. The van der Waals surface area contributed by atoms with Gasteiger partial charge in [-0.15, -0.1) is 0 Å². The maximum atomic E-state index is 4.07. The molecule has 1 aromatic rings. The van der Waals surface area contributed by atoms with Crippen molar-refractivity contribution >= 4 is 0 Å². The summed E-state index contributed by atoms with van der Waals surface area (Å²) in [4.78, 5) is 6.61. The zero-order valence-electron chi connectivity index (χ0n) is 11.1. The lowest BCUT2D eigenvalue weighted by atomic mass is 10.2. The summed E-state index contributed by atoms with van der Waals surface area (Å²) >= 11 is 0. The molecule has 2 heterocycles. The van der Waals surface area contributed by atoms with E-state index in [1.807, 2.05) is 18.7 Å². The molecule has 4 nitrogen and oxygen atoms in total. The van der Waals surface area contributed by atoms with Crippen molar-refractivity contribution < 1.29 is 0 Å². The lowest BCUT2D eigenvalue weighted by molar-refractivity contribution is 0.264. The van der Waals surface area contributed by atoms with Gasteiger partial charge in [-0.2, -0.15) is 0 Å². The van der Waals surface area contributed by atoms with E-state index in [4.69, 9.17) is 0 Å². The first-order valence-corrected chi connectivity index (χ1v) is 6.61. The predicted molar refractivity (Wildman–Crippen MR) is 69.9 cm³/mol. The fourth-order valence-corrected chi connectivity index (χ4v) is 2.56. The van der Waals surface area contributed by atoms with Crippen LogP contribution in [0.5, 0.6) is 0 Å². The van der Waals surface area contributed by atoms with Crippen LogP contribution >= 0.6 is 0 Å². The van der Waals surface area contributed by atoms with Crippen LogP contribution in [-0.4, -0.2) is 45.7 Å². The van der Waals surface area contributed by atoms with Crippen LogP contribution in [0.25, 0.3) is 0 Å².